The minimum Gasteiger partial charge on any atom is -0.323 e. The van der Waals surface area contributed by atoms with Crippen molar-refractivity contribution in [3.8, 4) is 0 Å². The lowest BCUT2D eigenvalue weighted by atomic mass is 10.0. The van der Waals surface area contributed by atoms with E-state index in [2.05, 4.69) is 24.2 Å². The summed E-state index contributed by atoms with van der Waals surface area (Å²) < 4.78 is 0. The Labute approximate surface area is 95.9 Å². The molecule has 0 bridgehead atoms. The molecule has 2 nitrogen and oxygen atoms in total. The summed E-state index contributed by atoms with van der Waals surface area (Å²) >= 11 is 1.78. The van der Waals surface area contributed by atoms with Crippen LogP contribution in [-0.4, -0.2) is 4.98 Å². The maximum atomic E-state index is 6.10. The molecule has 0 spiro atoms. The van der Waals surface area contributed by atoms with Crippen LogP contribution in [0.5, 0.6) is 0 Å². The molecule has 0 aliphatic heterocycles. The van der Waals surface area contributed by atoms with E-state index in [0.717, 1.165) is 18.0 Å². The van der Waals surface area contributed by atoms with E-state index >= 15 is 0 Å². The second-order valence-corrected chi connectivity index (χ2v) is 5.99. The summed E-state index contributed by atoms with van der Waals surface area (Å²) in [5.41, 5.74) is 7.20. The SMILES string of the molecule is CC(C)CC(N)c1csc(CC2CC2)n1. The number of hydrogen-bond acceptors (Lipinski definition) is 3. The lowest BCUT2D eigenvalue weighted by Gasteiger charge is -2.10. The largest absolute Gasteiger partial charge is 0.323 e. The Morgan fingerprint density at radius 1 is 1.53 bits per heavy atom. The lowest BCUT2D eigenvalue weighted by Crippen LogP contribution is -2.13. The predicted octanol–water partition coefficient (Wildman–Crippen LogP) is 3.14. The highest BCUT2D eigenvalue weighted by molar-refractivity contribution is 7.09. The van der Waals surface area contributed by atoms with Gasteiger partial charge in [0.1, 0.15) is 0 Å². The van der Waals surface area contributed by atoms with Crippen LogP contribution < -0.4 is 5.73 Å². The lowest BCUT2D eigenvalue weighted by molar-refractivity contribution is 0.503. The maximum Gasteiger partial charge on any atom is 0.0931 e. The molecule has 0 saturated heterocycles. The fourth-order valence-electron chi connectivity index (χ4n) is 1.79. The van der Waals surface area contributed by atoms with Gasteiger partial charge in [-0.15, -0.1) is 11.3 Å². The molecule has 0 radical (unpaired) electrons. The molecule has 1 fully saturated rings. The summed E-state index contributed by atoms with van der Waals surface area (Å²) in [6, 6.07) is 0.134. The first-order chi connectivity index (χ1) is 7.15. The molecule has 1 aliphatic rings. The van der Waals surface area contributed by atoms with Gasteiger partial charge in [0.15, 0.2) is 0 Å². The average molecular weight is 224 g/mol. The number of rotatable bonds is 5. The molecule has 1 aromatic rings. The molecule has 1 saturated carbocycles. The monoisotopic (exact) mass is 224 g/mol. The molecule has 0 amide bonds. The van der Waals surface area contributed by atoms with E-state index in [0.29, 0.717) is 5.92 Å². The quantitative estimate of drug-likeness (QED) is 0.834. The Bertz CT molecular complexity index is 315. The standard InChI is InChI=1S/C12H20N2S/c1-8(2)5-10(13)11-7-15-12(14-11)6-9-3-4-9/h7-10H,3-6,13H2,1-2H3. The van der Waals surface area contributed by atoms with Crippen LogP contribution in [0.25, 0.3) is 0 Å². The van der Waals surface area contributed by atoms with Crippen molar-refractivity contribution in [3.63, 3.8) is 0 Å². The van der Waals surface area contributed by atoms with Gasteiger partial charge in [-0.05, 0) is 31.1 Å². The summed E-state index contributed by atoms with van der Waals surface area (Å²) in [5.74, 6) is 1.57. The molecule has 15 heavy (non-hydrogen) atoms. The first-order valence-corrected chi connectivity index (χ1v) is 6.73. The molecule has 84 valence electrons. The first kappa shape index (κ1) is 11.1. The van der Waals surface area contributed by atoms with E-state index in [-0.39, 0.29) is 6.04 Å². The van der Waals surface area contributed by atoms with Gasteiger partial charge in [-0.3, -0.25) is 0 Å². The van der Waals surface area contributed by atoms with Crippen LogP contribution in [0.2, 0.25) is 0 Å². The van der Waals surface area contributed by atoms with E-state index in [1.165, 1.54) is 24.3 Å². The predicted molar refractivity (Wildman–Crippen MR) is 64.9 cm³/mol. The zero-order valence-electron chi connectivity index (χ0n) is 9.57. The second-order valence-electron chi connectivity index (χ2n) is 5.05. The summed E-state index contributed by atoms with van der Waals surface area (Å²) in [6.07, 6.45) is 5.01. The molecule has 1 heterocycles. The van der Waals surface area contributed by atoms with Crippen molar-refractivity contribution < 1.29 is 0 Å². The zero-order valence-corrected chi connectivity index (χ0v) is 10.4. The van der Waals surface area contributed by atoms with E-state index in [4.69, 9.17) is 5.73 Å². The number of aromatic nitrogens is 1. The fourth-order valence-corrected chi connectivity index (χ4v) is 2.76. The highest BCUT2D eigenvalue weighted by Crippen LogP contribution is 2.34. The van der Waals surface area contributed by atoms with Crippen molar-refractivity contribution in [3.05, 3.63) is 16.1 Å². The molecule has 3 heteroatoms. The van der Waals surface area contributed by atoms with Crippen LogP contribution in [0.15, 0.2) is 5.38 Å². The van der Waals surface area contributed by atoms with Crippen molar-refractivity contribution in [2.45, 2.75) is 45.6 Å². The second kappa shape index (κ2) is 4.62. The molecule has 1 aliphatic carbocycles. The average Bonchev–Trinajstić information content (AvgIpc) is 2.80. The highest BCUT2D eigenvalue weighted by Gasteiger charge is 2.23. The molecule has 1 unspecified atom stereocenters. The maximum absolute atomic E-state index is 6.10. The first-order valence-electron chi connectivity index (χ1n) is 5.85. The normalized spacial score (nSPS) is 18.4. The fraction of sp³-hybridized carbons (Fsp3) is 0.750. The molecule has 1 aromatic heterocycles. The van der Waals surface area contributed by atoms with Crippen LogP contribution in [0, 0.1) is 11.8 Å². The van der Waals surface area contributed by atoms with Crippen molar-refractivity contribution >= 4 is 11.3 Å². The van der Waals surface area contributed by atoms with E-state index in [9.17, 15) is 0 Å². The van der Waals surface area contributed by atoms with Crippen LogP contribution >= 0.6 is 11.3 Å². The molecular formula is C12H20N2S. The molecular weight excluding hydrogens is 204 g/mol. The van der Waals surface area contributed by atoms with Gasteiger partial charge < -0.3 is 5.73 Å². The number of nitrogens with zero attached hydrogens (tertiary/aromatic N) is 1. The molecule has 2 N–H and O–H groups in total. The Morgan fingerprint density at radius 3 is 2.87 bits per heavy atom. The third-order valence-electron chi connectivity index (χ3n) is 2.83. The van der Waals surface area contributed by atoms with Crippen LogP contribution in [-0.2, 0) is 6.42 Å². The Morgan fingerprint density at radius 2 is 2.27 bits per heavy atom. The summed E-state index contributed by atoms with van der Waals surface area (Å²) in [7, 11) is 0. The highest BCUT2D eigenvalue weighted by atomic mass is 32.1. The van der Waals surface area contributed by atoms with Crippen molar-refractivity contribution in [2.75, 3.05) is 0 Å². The Kier molecular flexibility index (Phi) is 3.42. The van der Waals surface area contributed by atoms with Gasteiger partial charge in [0, 0.05) is 17.8 Å². The topological polar surface area (TPSA) is 38.9 Å². The van der Waals surface area contributed by atoms with Crippen molar-refractivity contribution in [2.24, 2.45) is 17.6 Å². The van der Waals surface area contributed by atoms with E-state index in [1.807, 2.05) is 0 Å². The van der Waals surface area contributed by atoms with E-state index < -0.39 is 0 Å². The van der Waals surface area contributed by atoms with Crippen molar-refractivity contribution in [1.82, 2.24) is 4.98 Å². The summed E-state index contributed by atoms with van der Waals surface area (Å²) in [4.78, 5) is 4.64. The van der Waals surface area contributed by atoms with Gasteiger partial charge in [-0.25, -0.2) is 4.98 Å². The number of thiazole rings is 1. The molecule has 1 atom stereocenters. The van der Waals surface area contributed by atoms with Crippen LogP contribution in [0.3, 0.4) is 0 Å². The van der Waals surface area contributed by atoms with Crippen molar-refractivity contribution in [1.29, 1.82) is 0 Å². The van der Waals surface area contributed by atoms with Gasteiger partial charge in [0.2, 0.25) is 0 Å². The minimum absolute atomic E-state index is 0.134. The number of hydrogen-bond donors (Lipinski definition) is 1. The van der Waals surface area contributed by atoms with Gasteiger partial charge in [0.05, 0.1) is 10.7 Å². The van der Waals surface area contributed by atoms with Gasteiger partial charge in [-0.2, -0.15) is 0 Å². The Balaban J connectivity index is 1.92. The van der Waals surface area contributed by atoms with Crippen LogP contribution in [0.1, 0.15) is 49.9 Å². The third-order valence-corrected chi connectivity index (χ3v) is 3.72. The zero-order chi connectivity index (χ0) is 10.8. The molecule has 2 rings (SSSR count). The van der Waals surface area contributed by atoms with Gasteiger partial charge in [-0.1, -0.05) is 13.8 Å². The third kappa shape index (κ3) is 3.28. The van der Waals surface area contributed by atoms with E-state index in [1.54, 1.807) is 11.3 Å². The Hall–Kier alpha value is -0.410. The number of nitrogens with two attached hydrogens (primary N) is 1. The molecule has 0 aromatic carbocycles. The van der Waals surface area contributed by atoms with Gasteiger partial charge in [0.25, 0.3) is 0 Å². The van der Waals surface area contributed by atoms with Crippen LogP contribution in [0.4, 0.5) is 0 Å². The minimum atomic E-state index is 0.134. The van der Waals surface area contributed by atoms with Gasteiger partial charge >= 0.3 is 0 Å². The summed E-state index contributed by atoms with van der Waals surface area (Å²) in [6.45, 7) is 4.41. The summed E-state index contributed by atoms with van der Waals surface area (Å²) in [5, 5.41) is 3.43. The smallest absolute Gasteiger partial charge is 0.0931 e.